The molecule has 1 atom stereocenters. The van der Waals surface area contributed by atoms with Crippen LogP contribution in [0.2, 0.25) is 0 Å². The second-order valence-electron chi connectivity index (χ2n) is 5.36. The number of nitrogens with zero attached hydrogens (tertiary/aromatic N) is 1. The molecular weight excluding hydrogens is 368 g/mol. The first kappa shape index (κ1) is 21.6. The molecule has 0 bridgehead atoms. The number of amides is 1. The van der Waals surface area contributed by atoms with Crippen LogP contribution in [0.3, 0.4) is 0 Å². The number of methoxy groups -OCH3 is 1. The summed E-state index contributed by atoms with van der Waals surface area (Å²) in [6.45, 7) is 3.75. The lowest BCUT2D eigenvalue weighted by molar-refractivity contribution is -0.140. The van der Waals surface area contributed by atoms with Crippen LogP contribution in [0.1, 0.15) is 37.1 Å². The molecule has 1 aromatic heterocycles. The van der Waals surface area contributed by atoms with E-state index < -0.39 is 28.0 Å². The Morgan fingerprint density at radius 2 is 2.00 bits per heavy atom. The summed E-state index contributed by atoms with van der Waals surface area (Å²) in [4.78, 5) is 33.6. The number of nitrogens with one attached hydrogen (secondary N) is 1. The zero-order chi connectivity index (χ0) is 20.1. The number of hydrogen-bond donors (Lipinski definition) is 2. The molecule has 10 nitrogen and oxygen atoms in total. The number of carboxylic acids is 1. The fourth-order valence-corrected chi connectivity index (χ4v) is 4.01. The van der Waals surface area contributed by atoms with Gasteiger partial charge in [0.25, 0.3) is 0 Å². The number of sulfonamides is 1. The van der Waals surface area contributed by atoms with Crippen molar-refractivity contribution in [2.24, 2.45) is 0 Å². The average molecular weight is 390 g/mol. The third kappa shape index (κ3) is 4.82. The van der Waals surface area contributed by atoms with E-state index in [4.69, 9.17) is 4.42 Å². The number of aliphatic carboxylic acids is 1. The van der Waals surface area contributed by atoms with Crippen LogP contribution in [-0.4, -0.2) is 61.9 Å². The number of rotatable bonds is 9. The average Bonchev–Trinajstić information content (AvgIpc) is 3.02. The second-order valence-corrected chi connectivity index (χ2v) is 7.22. The van der Waals surface area contributed by atoms with Crippen LogP contribution in [0.5, 0.6) is 0 Å². The molecule has 0 fully saturated rings. The number of carboxylic acid groups (broad SMARTS) is 1. The zero-order valence-electron chi connectivity index (χ0n) is 14.9. The lowest BCUT2D eigenvalue weighted by Gasteiger charge is -2.25. The van der Waals surface area contributed by atoms with Crippen LogP contribution in [0.4, 0.5) is 0 Å². The van der Waals surface area contributed by atoms with Crippen molar-refractivity contribution >= 4 is 27.9 Å². The van der Waals surface area contributed by atoms with Crippen LogP contribution in [-0.2, 0) is 30.8 Å². The van der Waals surface area contributed by atoms with Crippen molar-refractivity contribution in [2.45, 2.75) is 38.1 Å². The Hall–Kier alpha value is -2.40. The monoisotopic (exact) mass is 390 g/mol. The number of furan rings is 1. The van der Waals surface area contributed by atoms with E-state index in [0.29, 0.717) is 0 Å². The van der Waals surface area contributed by atoms with Gasteiger partial charge in [-0.15, -0.1) is 0 Å². The minimum atomic E-state index is -4.31. The number of ether oxygens (including phenoxy) is 1. The summed E-state index contributed by atoms with van der Waals surface area (Å²) in [7, 11) is -3.19. The number of esters is 1. The Morgan fingerprint density at radius 1 is 1.38 bits per heavy atom. The van der Waals surface area contributed by atoms with Gasteiger partial charge in [-0.1, -0.05) is 6.92 Å². The summed E-state index contributed by atoms with van der Waals surface area (Å²) < 4.78 is 36.5. The maximum atomic E-state index is 13.0. The molecule has 11 heteroatoms. The van der Waals surface area contributed by atoms with Crippen LogP contribution in [0.25, 0.3) is 0 Å². The van der Waals surface area contributed by atoms with E-state index in [1.54, 1.807) is 6.92 Å². The molecular formula is C15H22N2O8S. The lowest BCUT2D eigenvalue weighted by Crippen LogP contribution is -2.46. The fraction of sp³-hybridized carbons (Fsp3) is 0.533. The number of aryl methyl sites for hydroxylation is 1. The zero-order valence-corrected chi connectivity index (χ0v) is 15.8. The summed E-state index contributed by atoms with van der Waals surface area (Å²) in [6.07, 6.45) is 0.159. The highest BCUT2D eigenvalue weighted by atomic mass is 32.2. The molecule has 1 unspecified atom stereocenters. The molecule has 0 spiro atoms. The first-order chi connectivity index (χ1) is 12.1. The van der Waals surface area contributed by atoms with Crippen molar-refractivity contribution in [1.82, 2.24) is 9.62 Å². The van der Waals surface area contributed by atoms with Gasteiger partial charge in [0.1, 0.15) is 16.7 Å². The summed E-state index contributed by atoms with van der Waals surface area (Å²) in [5.74, 6) is -2.88. The van der Waals surface area contributed by atoms with E-state index >= 15 is 0 Å². The van der Waals surface area contributed by atoms with E-state index in [-0.39, 0.29) is 41.8 Å². The molecule has 0 aromatic carbocycles. The number of carbonyl (C=O) groups excluding carboxylic acids is 2. The molecule has 0 aliphatic carbocycles. The van der Waals surface area contributed by atoms with Gasteiger partial charge in [-0.05, 0) is 6.92 Å². The maximum Gasteiger partial charge on any atom is 0.373 e. The van der Waals surface area contributed by atoms with Gasteiger partial charge in [0.15, 0.2) is 0 Å². The number of hydrogen-bond acceptors (Lipinski definition) is 7. The van der Waals surface area contributed by atoms with Crippen LogP contribution in [0, 0.1) is 0 Å². The number of carbonyl (C=O) groups is 3. The van der Waals surface area contributed by atoms with Gasteiger partial charge in [-0.2, -0.15) is 4.31 Å². The van der Waals surface area contributed by atoms with Crippen molar-refractivity contribution in [1.29, 1.82) is 0 Å². The Bertz CT molecular complexity index is 784. The van der Waals surface area contributed by atoms with Crippen molar-refractivity contribution < 1.29 is 37.1 Å². The quantitative estimate of drug-likeness (QED) is 0.570. The molecule has 1 heterocycles. The second kappa shape index (κ2) is 8.81. The van der Waals surface area contributed by atoms with Crippen molar-refractivity contribution in [3.63, 3.8) is 0 Å². The molecule has 0 aliphatic heterocycles. The highest BCUT2D eigenvalue weighted by molar-refractivity contribution is 7.89. The van der Waals surface area contributed by atoms with E-state index in [0.717, 1.165) is 17.5 Å². The van der Waals surface area contributed by atoms with Gasteiger partial charge in [0, 0.05) is 32.5 Å². The molecule has 0 saturated carbocycles. The summed E-state index contributed by atoms with van der Waals surface area (Å²) >= 11 is 0. The first-order valence-electron chi connectivity index (χ1n) is 7.76. The van der Waals surface area contributed by atoms with E-state index in [1.807, 2.05) is 0 Å². The Balaban J connectivity index is 3.34. The summed E-state index contributed by atoms with van der Waals surface area (Å²) in [5, 5.41) is 11.7. The molecule has 0 saturated heterocycles. The third-order valence-corrected chi connectivity index (χ3v) is 5.58. The molecule has 0 aliphatic rings. The van der Waals surface area contributed by atoms with E-state index in [2.05, 4.69) is 10.1 Å². The highest BCUT2D eigenvalue weighted by Gasteiger charge is 2.36. The molecule has 2 N–H and O–H groups in total. The minimum Gasteiger partial charge on any atom is -0.480 e. The van der Waals surface area contributed by atoms with Crippen LogP contribution < -0.4 is 5.32 Å². The molecule has 1 amide bonds. The van der Waals surface area contributed by atoms with Crippen LogP contribution in [0.15, 0.2) is 15.4 Å². The summed E-state index contributed by atoms with van der Waals surface area (Å²) in [6, 6.07) is -0.380. The Kier molecular flexibility index (Phi) is 7.33. The predicted molar refractivity (Wildman–Crippen MR) is 89.1 cm³/mol. The van der Waals surface area contributed by atoms with Gasteiger partial charge in [-0.3, -0.25) is 9.59 Å². The maximum absolute atomic E-state index is 13.0. The van der Waals surface area contributed by atoms with Gasteiger partial charge in [0.05, 0.1) is 7.11 Å². The Morgan fingerprint density at radius 3 is 2.46 bits per heavy atom. The van der Waals surface area contributed by atoms with E-state index in [1.165, 1.54) is 13.8 Å². The molecule has 26 heavy (non-hydrogen) atoms. The smallest absolute Gasteiger partial charge is 0.373 e. The first-order valence-corrected chi connectivity index (χ1v) is 9.20. The van der Waals surface area contributed by atoms with Gasteiger partial charge in [-0.25, -0.2) is 13.2 Å². The van der Waals surface area contributed by atoms with E-state index in [9.17, 15) is 27.9 Å². The third-order valence-electron chi connectivity index (χ3n) is 3.56. The van der Waals surface area contributed by atoms with Crippen molar-refractivity contribution in [2.75, 3.05) is 20.2 Å². The van der Waals surface area contributed by atoms with Gasteiger partial charge < -0.3 is 19.6 Å². The van der Waals surface area contributed by atoms with Gasteiger partial charge in [0.2, 0.25) is 21.7 Å². The lowest BCUT2D eigenvalue weighted by atomic mass is 10.3. The minimum absolute atomic E-state index is 0.00696. The van der Waals surface area contributed by atoms with Crippen molar-refractivity contribution in [3.05, 3.63) is 17.6 Å². The topological polar surface area (TPSA) is 143 Å². The molecule has 1 rings (SSSR count). The largest absolute Gasteiger partial charge is 0.480 e. The summed E-state index contributed by atoms with van der Waals surface area (Å²) in [5.41, 5.74) is 0. The SMILES string of the molecule is CCc1oc(C(=O)OC)cc1S(=O)(=O)N(CCNC(C)=O)C(C)C(=O)O. The molecule has 0 radical (unpaired) electrons. The fourth-order valence-electron chi connectivity index (χ4n) is 2.19. The standard InChI is InChI=1S/C15H22N2O8S/c1-5-11-13(8-12(25-11)15(21)24-4)26(22,23)17(9(2)14(19)20)7-6-16-10(3)18/h8-9H,5-7H2,1-4H3,(H,16,18)(H,19,20). The van der Waals surface area contributed by atoms with Crippen molar-refractivity contribution in [3.8, 4) is 0 Å². The predicted octanol–water partition coefficient (Wildman–Crippen LogP) is 0.229. The molecule has 1 aromatic rings. The molecule has 146 valence electrons. The van der Waals surface area contributed by atoms with Crippen LogP contribution >= 0.6 is 0 Å². The highest BCUT2D eigenvalue weighted by Crippen LogP contribution is 2.26. The normalized spacial score (nSPS) is 12.7. The Labute approximate surface area is 151 Å². The van der Waals surface area contributed by atoms with Gasteiger partial charge >= 0.3 is 11.9 Å².